The zero-order valence-electron chi connectivity index (χ0n) is 13.4. The number of amides is 1. The van der Waals surface area contributed by atoms with Gasteiger partial charge in [-0.2, -0.15) is 0 Å². The number of benzene rings is 1. The summed E-state index contributed by atoms with van der Waals surface area (Å²) in [5.74, 6) is -0.214. The van der Waals surface area contributed by atoms with Crippen LogP contribution in [-0.4, -0.2) is 22.9 Å². The molecule has 1 unspecified atom stereocenters. The highest BCUT2D eigenvalue weighted by atomic mass is 127. The summed E-state index contributed by atoms with van der Waals surface area (Å²) in [5, 5.41) is 2.85. The lowest BCUT2D eigenvalue weighted by atomic mass is 9.98. The summed E-state index contributed by atoms with van der Waals surface area (Å²) in [6.07, 6.45) is 2.95. The first-order chi connectivity index (χ1) is 11.5. The Labute approximate surface area is 153 Å². The molecule has 0 radical (unpaired) electrons. The van der Waals surface area contributed by atoms with E-state index in [1.54, 1.807) is 6.07 Å². The molecule has 0 spiro atoms. The van der Waals surface area contributed by atoms with Gasteiger partial charge in [-0.05, 0) is 31.9 Å². The molecule has 0 saturated carbocycles. The van der Waals surface area contributed by atoms with Crippen LogP contribution >= 0.6 is 22.6 Å². The summed E-state index contributed by atoms with van der Waals surface area (Å²) in [6, 6.07) is 4.50. The highest BCUT2D eigenvalue weighted by Crippen LogP contribution is 2.34. The molecular weight excluding hydrogens is 425 g/mol. The van der Waals surface area contributed by atoms with E-state index in [0.717, 1.165) is 25.2 Å². The van der Waals surface area contributed by atoms with Crippen molar-refractivity contribution in [2.24, 2.45) is 0 Å². The highest BCUT2D eigenvalue weighted by Gasteiger charge is 2.23. The molecule has 3 rings (SSSR count). The van der Waals surface area contributed by atoms with Crippen LogP contribution in [0.5, 0.6) is 0 Å². The molecular formula is C18H19F2IN2O. The topological polar surface area (TPSA) is 32.3 Å². The number of anilines is 2. The predicted molar refractivity (Wildman–Crippen MR) is 101 cm³/mol. The van der Waals surface area contributed by atoms with Gasteiger partial charge in [-0.15, -0.1) is 0 Å². The van der Waals surface area contributed by atoms with Crippen molar-refractivity contribution in [3.05, 3.63) is 47.1 Å². The van der Waals surface area contributed by atoms with Gasteiger partial charge >= 0.3 is 0 Å². The van der Waals surface area contributed by atoms with E-state index in [9.17, 15) is 13.6 Å². The van der Waals surface area contributed by atoms with E-state index in [1.807, 2.05) is 19.1 Å². The maximum absolute atomic E-state index is 13.0. The summed E-state index contributed by atoms with van der Waals surface area (Å²) in [7, 11) is 0. The lowest BCUT2D eigenvalue weighted by Gasteiger charge is -2.35. The first-order valence-corrected chi connectivity index (χ1v) is 9.20. The van der Waals surface area contributed by atoms with Crippen molar-refractivity contribution in [1.82, 2.24) is 0 Å². The molecule has 1 fully saturated rings. The highest BCUT2D eigenvalue weighted by molar-refractivity contribution is 14.1. The molecule has 6 heteroatoms. The minimum Gasteiger partial charge on any atom is -0.370 e. The van der Waals surface area contributed by atoms with Crippen molar-refractivity contribution in [1.29, 1.82) is 0 Å². The van der Waals surface area contributed by atoms with E-state index in [1.165, 1.54) is 17.7 Å². The monoisotopic (exact) mass is 444 g/mol. The number of nitrogens with one attached hydrogen (secondary N) is 1. The number of rotatable bonds is 4. The molecule has 2 aliphatic rings. The van der Waals surface area contributed by atoms with Crippen LogP contribution in [0.25, 0.3) is 0 Å². The van der Waals surface area contributed by atoms with E-state index in [0.29, 0.717) is 17.7 Å². The third-order valence-electron chi connectivity index (χ3n) is 4.45. The number of hydrogen-bond donors (Lipinski definition) is 1. The zero-order chi connectivity index (χ0) is 17.3. The third kappa shape index (κ3) is 3.63. The van der Waals surface area contributed by atoms with Crippen molar-refractivity contribution in [2.45, 2.75) is 30.1 Å². The Bertz CT molecular complexity index is 711. The number of carbonyl (C=O) groups excluding carboxylic acids is 1. The van der Waals surface area contributed by atoms with Gasteiger partial charge < -0.3 is 10.2 Å². The fraction of sp³-hybridized carbons (Fsp3) is 0.389. The lowest BCUT2D eigenvalue weighted by Crippen LogP contribution is -2.37. The van der Waals surface area contributed by atoms with Gasteiger partial charge in [-0.25, -0.2) is 8.78 Å². The standard InChI is InChI=1S/C18H19F2IN2O/c1-11-3-4-13(9-14(11)21)18(24)22-15-10-12(17(19)20)5-6-16(15)23-7-2-8-23/h3-6,10,14,17H,2,7-9H2,1H3,(H,22,24). The number of nitrogens with zero attached hydrogens (tertiary/aromatic N) is 1. The van der Waals surface area contributed by atoms with Gasteiger partial charge in [-0.1, -0.05) is 46.4 Å². The van der Waals surface area contributed by atoms with E-state index in [2.05, 4.69) is 32.8 Å². The van der Waals surface area contributed by atoms with Crippen LogP contribution < -0.4 is 10.2 Å². The lowest BCUT2D eigenvalue weighted by molar-refractivity contribution is -0.113. The van der Waals surface area contributed by atoms with Crippen molar-refractivity contribution >= 4 is 39.9 Å². The van der Waals surface area contributed by atoms with Gasteiger partial charge in [0, 0.05) is 28.2 Å². The Balaban J connectivity index is 1.85. The van der Waals surface area contributed by atoms with E-state index in [4.69, 9.17) is 0 Å². The van der Waals surface area contributed by atoms with Crippen LogP contribution in [-0.2, 0) is 4.79 Å². The molecule has 1 heterocycles. The Morgan fingerprint density at radius 1 is 1.33 bits per heavy atom. The Hall–Kier alpha value is -1.44. The predicted octanol–water partition coefficient (Wildman–Crippen LogP) is 4.85. The minimum atomic E-state index is -2.55. The van der Waals surface area contributed by atoms with Gasteiger partial charge in [0.25, 0.3) is 12.3 Å². The molecule has 1 amide bonds. The Morgan fingerprint density at radius 2 is 2.08 bits per heavy atom. The fourth-order valence-electron chi connectivity index (χ4n) is 2.75. The second-order valence-electron chi connectivity index (χ2n) is 6.15. The fourth-order valence-corrected chi connectivity index (χ4v) is 3.43. The molecule has 1 aromatic carbocycles. The van der Waals surface area contributed by atoms with Crippen LogP contribution in [0.3, 0.4) is 0 Å². The van der Waals surface area contributed by atoms with Crippen LogP contribution in [0, 0.1) is 0 Å². The summed E-state index contributed by atoms with van der Waals surface area (Å²) < 4.78 is 26.3. The van der Waals surface area contributed by atoms with Crippen molar-refractivity contribution < 1.29 is 13.6 Å². The smallest absolute Gasteiger partial charge is 0.263 e. The molecule has 24 heavy (non-hydrogen) atoms. The van der Waals surface area contributed by atoms with E-state index in [-0.39, 0.29) is 15.4 Å². The molecule has 1 atom stereocenters. The average molecular weight is 444 g/mol. The van der Waals surface area contributed by atoms with Gasteiger partial charge in [0.2, 0.25) is 0 Å². The SMILES string of the molecule is CC1=CC=C(C(=O)Nc2cc(C(F)F)ccc2N2CCC2)CC1I. The quantitative estimate of drug-likeness (QED) is 0.532. The van der Waals surface area contributed by atoms with Gasteiger partial charge in [0.15, 0.2) is 0 Å². The minimum absolute atomic E-state index is 0.0743. The molecule has 3 nitrogen and oxygen atoms in total. The first-order valence-electron chi connectivity index (χ1n) is 7.95. The van der Waals surface area contributed by atoms with Gasteiger partial charge in [-0.3, -0.25) is 4.79 Å². The number of carbonyl (C=O) groups is 1. The van der Waals surface area contributed by atoms with Crippen molar-refractivity contribution in [3.63, 3.8) is 0 Å². The summed E-state index contributed by atoms with van der Waals surface area (Å²) >= 11 is 2.31. The van der Waals surface area contributed by atoms with Gasteiger partial charge in [0.05, 0.1) is 11.4 Å². The van der Waals surface area contributed by atoms with Crippen molar-refractivity contribution in [3.8, 4) is 0 Å². The van der Waals surface area contributed by atoms with Crippen LogP contribution in [0.4, 0.5) is 20.2 Å². The second kappa shape index (κ2) is 7.21. The van der Waals surface area contributed by atoms with Crippen LogP contribution in [0.15, 0.2) is 41.5 Å². The Morgan fingerprint density at radius 3 is 2.67 bits per heavy atom. The summed E-state index contributed by atoms with van der Waals surface area (Å²) in [5.41, 5.74) is 3.11. The van der Waals surface area contributed by atoms with Crippen LogP contribution in [0.1, 0.15) is 31.8 Å². The average Bonchev–Trinajstić information content (AvgIpc) is 2.49. The van der Waals surface area contributed by atoms with E-state index < -0.39 is 6.43 Å². The number of halogens is 3. The molecule has 0 aromatic heterocycles. The molecule has 128 valence electrons. The summed E-state index contributed by atoms with van der Waals surface area (Å²) in [4.78, 5) is 14.7. The van der Waals surface area contributed by atoms with E-state index >= 15 is 0 Å². The molecule has 1 aromatic rings. The number of allylic oxidation sites excluding steroid dienone is 3. The molecule has 1 aliphatic heterocycles. The normalized spacial score (nSPS) is 20.4. The zero-order valence-corrected chi connectivity index (χ0v) is 15.5. The molecule has 1 aliphatic carbocycles. The maximum Gasteiger partial charge on any atom is 0.263 e. The molecule has 0 bridgehead atoms. The first kappa shape index (κ1) is 17.4. The van der Waals surface area contributed by atoms with Gasteiger partial charge in [0.1, 0.15) is 0 Å². The molecule has 1 saturated heterocycles. The summed E-state index contributed by atoms with van der Waals surface area (Å²) in [6.45, 7) is 3.81. The molecule has 1 N–H and O–H groups in total. The Kier molecular flexibility index (Phi) is 5.22. The number of alkyl halides is 3. The van der Waals surface area contributed by atoms with Crippen molar-refractivity contribution in [2.75, 3.05) is 23.3 Å². The number of hydrogen-bond acceptors (Lipinski definition) is 2. The largest absolute Gasteiger partial charge is 0.370 e. The van der Waals surface area contributed by atoms with Crippen LogP contribution in [0.2, 0.25) is 0 Å². The maximum atomic E-state index is 13.0. The second-order valence-corrected chi connectivity index (χ2v) is 7.65. The third-order valence-corrected chi connectivity index (χ3v) is 5.87.